The van der Waals surface area contributed by atoms with Crippen molar-refractivity contribution in [2.24, 2.45) is 0 Å². The van der Waals surface area contributed by atoms with E-state index >= 15 is 0 Å². The maximum Gasteiger partial charge on any atom is 0.408 e. The van der Waals surface area contributed by atoms with Gasteiger partial charge in [-0.25, -0.2) is 9.78 Å². The number of benzene rings is 1. The number of amides is 1. The number of aromatic nitrogens is 1. The monoisotopic (exact) mass is 371 g/mol. The third-order valence-electron chi connectivity index (χ3n) is 3.62. The summed E-state index contributed by atoms with van der Waals surface area (Å²) in [6.07, 6.45) is 1.72. The molecule has 1 atom stereocenters. The van der Waals surface area contributed by atoms with Gasteiger partial charge in [0.25, 0.3) is 0 Å². The molecule has 6 nitrogen and oxygen atoms in total. The number of carbonyl (C=O) groups is 1. The molecular weight excluding hydrogens is 350 g/mol. The number of alkyl carbamates (subject to hydrolysis) is 1. The molecule has 2 N–H and O–H groups in total. The maximum atomic E-state index is 12.0. The molecule has 0 spiro atoms. The number of hydrogen-bond donors (Lipinski definition) is 2. The Morgan fingerprint density at radius 2 is 2.04 bits per heavy atom. The predicted octanol–water partition coefficient (Wildman–Crippen LogP) is 4.06. The molecule has 136 valence electrons. The number of nitrogens with one attached hydrogen (secondary N) is 2. The molecule has 0 fully saturated rings. The van der Waals surface area contributed by atoms with Crippen LogP contribution in [0.1, 0.15) is 26.3 Å². The number of fused-ring (bicyclic) bond motifs is 1. The zero-order valence-corrected chi connectivity index (χ0v) is 15.7. The van der Waals surface area contributed by atoms with Crippen LogP contribution in [0.25, 0.3) is 0 Å². The summed E-state index contributed by atoms with van der Waals surface area (Å²) in [5.41, 5.74) is 1.21. The van der Waals surface area contributed by atoms with E-state index in [-0.39, 0.29) is 6.04 Å². The van der Waals surface area contributed by atoms with Crippen LogP contribution in [0.3, 0.4) is 0 Å². The van der Waals surface area contributed by atoms with Crippen LogP contribution in [-0.4, -0.2) is 27.7 Å². The van der Waals surface area contributed by atoms with Gasteiger partial charge >= 0.3 is 6.09 Å². The lowest BCUT2D eigenvalue weighted by atomic mass is 10.0. The van der Waals surface area contributed by atoms with Gasteiger partial charge in [0.15, 0.2) is 0 Å². The number of rotatable bonds is 3. The second-order valence-corrected chi connectivity index (χ2v) is 7.43. The van der Waals surface area contributed by atoms with E-state index in [0.29, 0.717) is 23.0 Å². The zero-order valence-electron chi connectivity index (χ0n) is 14.9. The number of carbonyl (C=O) groups excluding carboxylic acids is 1. The minimum atomic E-state index is -0.563. The van der Waals surface area contributed by atoms with Gasteiger partial charge in [-0.15, -0.1) is 0 Å². The van der Waals surface area contributed by atoms with Crippen LogP contribution < -0.4 is 15.4 Å². The van der Waals surface area contributed by atoms with Gasteiger partial charge in [0.05, 0.1) is 17.9 Å². The second-order valence-electron chi connectivity index (χ2n) is 6.99. The fraction of sp³-hybridized carbons (Fsp3) is 0.316. The van der Waals surface area contributed by atoms with Crippen LogP contribution in [0.5, 0.6) is 11.6 Å². The quantitative estimate of drug-likeness (QED) is 0.793. The molecule has 1 aliphatic rings. The molecule has 26 heavy (non-hydrogen) atoms. The fourth-order valence-electron chi connectivity index (χ4n) is 2.52. The molecule has 1 aliphatic heterocycles. The van der Waals surface area contributed by atoms with Gasteiger partial charge in [0.1, 0.15) is 16.3 Å². The summed E-state index contributed by atoms with van der Waals surface area (Å²) in [6, 6.07) is 10.9. The molecule has 0 saturated heterocycles. The molecule has 1 aromatic heterocycles. The standard InChI is InChI=1S/C19H21N3O3S/c1-19(2,3)25-18(23)22-14-9-12-10-16(20-11-15(12)21-17(14)26)24-13-7-5-4-6-8-13/h4-8,10-11,14H,9H2,1-3H3,(H,21,26)(H,22,23). The van der Waals surface area contributed by atoms with E-state index in [0.717, 1.165) is 11.3 Å². The molecule has 1 unspecified atom stereocenters. The van der Waals surface area contributed by atoms with Crippen molar-refractivity contribution in [3.05, 3.63) is 48.2 Å². The summed E-state index contributed by atoms with van der Waals surface area (Å²) < 4.78 is 11.1. The van der Waals surface area contributed by atoms with Crippen molar-refractivity contribution in [1.29, 1.82) is 0 Å². The highest BCUT2D eigenvalue weighted by molar-refractivity contribution is 7.80. The van der Waals surface area contributed by atoms with E-state index in [4.69, 9.17) is 21.7 Å². The number of nitrogens with zero attached hydrogens (tertiary/aromatic N) is 1. The number of ether oxygens (including phenoxy) is 2. The fourth-order valence-corrected chi connectivity index (χ4v) is 2.77. The Labute approximate surface area is 157 Å². The Hall–Kier alpha value is -2.67. The number of thiocarbonyl (C=S) groups is 1. The van der Waals surface area contributed by atoms with Crippen LogP contribution >= 0.6 is 12.2 Å². The Morgan fingerprint density at radius 1 is 1.31 bits per heavy atom. The van der Waals surface area contributed by atoms with Crippen LogP contribution in [-0.2, 0) is 11.2 Å². The van der Waals surface area contributed by atoms with Crippen molar-refractivity contribution in [1.82, 2.24) is 10.3 Å². The van der Waals surface area contributed by atoms with Gasteiger partial charge in [-0.05, 0) is 38.5 Å². The SMILES string of the molecule is CC(C)(C)OC(=O)NC1Cc2cc(Oc3ccccc3)ncc2NC1=S. The molecule has 3 rings (SSSR count). The number of para-hydroxylation sites is 1. The summed E-state index contributed by atoms with van der Waals surface area (Å²) >= 11 is 5.36. The minimum absolute atomic E-state index is 0.348. The van der Waals surface area contributed by atoms with Crippen molar-refractivity contribution < 1.29 is 14.3 Å². The molecule has 0 aliphatic carbocycles. The van der Waals surface area contributed by atoms with E-state index in [9.17, 15) is 4.79 Å². The Morgan fingerprint density at radius 3 is 2.73 bits per heavy atom. The topological polar surface area (TPSA) is 72.5 Å². The summed E-state index contributed by atoms with van der Waals surface area (Å²) in [7, 11) is 0. The summed E-state index contributed by atoms with van der Waals surface area (Å²) in [5.74, 6) is 1.20. The van der Waals surface area contributed by atoms with Crippen molar-refractivity contribution >= 4 is 29.0 Å². The third-order valence-corrected chi connectivity index (χ3v) is 4.01. The van der Waals surface area contributed by atoms with E-state index < -0.39 is 11.7 Å². The molecule has 7 heteroatoms. The molecule has 1 aromatic carbocycles. The third kappa shape index (κ3) is 4.70. The molecule has 0 bridgehead atoms. The van der Waals surface area contributed by atoms with E-state index in [1.807, 2.05) is 57.2 Å². The lowest BCUT2D eigenvalue weighted by Crippen LogP contribution is -2.48. The van der Waals surface area contributed by atoms with Gasteiger partial charge < -0.3 is 20.1 Å². The highest BCUT2D eigenvalue weighted by Crippen LogP contribution is 2.28. The van der Waals surface area contributed by atoms with E-state index in [2.05, 4.69) is 15.6 Å². The highest BCUT2D eigenvalue weighted by atomic mass is 32.1. The normalized spacial score (nSPS) is 16.3. The van der Waals surface area contributed by atoms with Crippen LogP contribution in [0.2, 0.25) is 0 Å². The largest absolute Gasteiger partial charge is 0.444 e. The first-order valence-electron chi connectivity index (χ1n) is 8.32. The summed E-state index contributed by atoms with van der Waals surface area (Å²) in [5, 5.41) is 5.92. The Bertz CT molecular complexity index is 819. The first kappa shape index (κ1) is 18.1. The number of anilines is 1. The average molecular weight is 371 g/mol. The number of hydrogen-bond acceptors (Lipinski definition) is 5. The number of pyridine rings is 1. The average Bonchev–Trinajstić information content (AvgIpc) is 2.55. The highest BCUT2D eigenvalue weighted by Gasteiger charge is 2.27. The molecule has 2 heterocycles. The van der Waals surface area contributed by atoms with Crippen molar-refractivity contribution in [2.75, 3.05) is 5.32 Å². The Balaban J connectivity index is 1.72. The lowest BCUT2D eigenvalue weighted by molar-refractivity contribution is 0.0518. The van der Waals surface area contributed by atoms with Crippen LogP contribution in [0.15, 0.2) is 42.6 Å². The van der Waals surface area contributed by atoms with Gasteiger partial charge in [-0.2, -0.15) is 0 Å². The molecule has 0 saturated carbocycles. The summed E-state index contributed by atoms with van der Waals surface area (Å²) in [6.45, 7) is 5.45. The summed E-state index contributed by atoms with van der Waals surface area (Å²) in [4.78, 5) is 16.9. The zero-order chi connectivity index (χ0) is 18.7. The van der Waals surface area contributed by atoms with Gasteiger partial charge in [-0.3, -0.25) is 0 Å². The van der Waals surface area contributed by atoms with Crippen molar-refractivity contribution in [3.63, 3.8) is 0 Å². The maximum absolute atomic E-state index is 12.0. The smallest absolute Gasteiger partial charge is 0.408 e. The van der Waals surface area contributed by atoms with Gasteiger partial charge in [-0.1, -0.05) is 30.4 Å². The van der Waals surface area contributed by atoms with E-state index in [1.54, 1.807) is 6.20 Å². The van der Waals surface area contributed by atoms with Crippen molar-refractivity contribution in [2.45, 2.75) is 38.8 Å². The van der Waals surface area contributed by atoms with Crippen LogP contribution in [0.4, 0.5) is 10.5 Å². The van der Waals surface area contributed by atoms with Gasteiger partial charge in [0, 0.05) is 12.5 Å². The lowest BCUT2D eigenvalue weighted by Gasteiger charge is -2.29. The van der Waals surface area contributed by atoms with Gasteiger partial charge in [0.2, 0.25) is 5.88 Å². The second kappa shape index (κ2) is 7.29. The first-order valence-corrected chi connectivity index (χ1v) is 8.73. The Kier molecular flexibility index (Phi) is 5.08. The molecular formula is C19H21N3O3S. The van der Waals surface area contributed by atoms with Crippen LogP contribution in [0, 0.1) is 0 Å². The molecule has 1 amide bonds. The first-order chi connectivity index (χ1) is 12.3. The molecule has 2 aromatic rings. The van der Waals surface area contributed by atoms with Crippen molar-refractivity contribution in [3.8, 4) is 11.6 Å². The minimum Gasteiger partial charge on any atom is -0.444 e. The predicted molar refractivity (Wildman–Crippen MR) is 104 cm³/mol. The molecule has 0 radical (unpaired) electrons. The van der Waals surface area contributed by atoms with E-state index in [1.165, 1.54) is 0 Å².